The maximum absolute atomic E-state index is 6.14. The second-order valence-electron chi connectivity index (χ2n) is 8.26. The standard InChI is InChI=1S/C20H34N2O/c1-17-8-9-18(20(2,3)4)19(16-17)23-15-7-6-10-22-13-11-21(5)12-14-22/h8-9,16H,6-7,10-15H2,1-5H3/p+2. The van der Waals surface area contributed by atoms with E-state index in [-0.39, 0.29) is 5.41 Å². The van der Waals surface area contributed by atoms with E-state index < -0.39 is 0 Å². The number of benzene rings is 1. The molecule has 0 aromatic heterocycles. The molecule has 0 saturated carbocycles. The molecule has 2 N–H and O–H groups in total. The molecule has 1 saturated heterocycles. The molecule has 0 spiro atoms. The molecule has 1 aromatic rings. The van der Waals surface area contributed by atoms with Crippen LogP contribution in [0, 0.1) is 6.92 Å². The lowest BCUT2D eigenvalue weighted by Crippen LogP contribution is -3.27. The van der Waals surface area contributed by atoms with Gasteiger partial charge in [-0.25, -0.2) is 0 Å². The number of rotatable bonds is 6. The lowest BCUT2D eigenvalue weighted by Gasteiger charge is -2.27. The Kier molecular flexibility index (Phi) is 6.49. The van der Waals surface area contributed by atoms with Crippen molar-refractivity contribution >= 4 is 0 Å². The quantitative estimate of drug-likeness (QED) is 0.744. The smallest absolute Gasteiger partial charge is 0.127 e. The highest BCUT2D eigenvalue weighted by Crippen LogP contribution is 2.32. The fourth-order valence-corrected chi connectivity index (χ4v) is 3.31. The molecule has 1 aromatic carbocycles. The third-order valence-corrected chi connectivity index (χ3v) is 4.94. The Hall–Kier alpha value is -1.06. The maximum Gasteiger partial charge on any atom is 0.127 e. The Labute approximate surface area is 142 Å². The number of likely N-dealkylation sites (N-methyl/N-ethyl adjacent to an activating group) is 1. The molecule has 0 unspecified atom stereocenters. The number of ether oxygens (including phenoxy) is 1. The van der Waals surface area contributed by atoms with Crippen LogP contribution in [0.4, 0.5) is 0 Å². The second-order valence-corrected chi connectivity index (χ2v) is 8.26. The maximum atomic E-state index is 6.14. The summed E-state index contributed by atoms with van der Waals surface area (Å²) in [6, 6.07) is 6.60. The summed E-state index contributed by atoms with van der Waals surface area (Å²) in [6.45, 7) is 16.3. The fraction of sp³-hybridized carbons (Fsp3) is 0.700. The van der Waals surface area contributed by atoms with E-state index in [2.05, 4.69) is 52.9 Å². The Morgan fingerprint density at radius 1 is 1.04 bits per heavy atom. The number of hydrogen-bond acceptors (Lipinski definition) is 1. The molecule has 23 heavy (non-hydrogen) atoms. The van der Waals surface area contributed by atoms with Gasteiger partial charge in [0.1, 0.15) is 31.9 Å². The normalized spacial score (nSPS) is 22.1. The fourth-order valence-electron chi connectivity index (χ4n) is 3.31. The summed E-state index contributed by atoms with van der Waals surface area (Å²) < 4.78 is 6.14. The molecule has 1 aliphatic heterocycles. The zero-order chi connectivity index (χ0) is 16.9. The van der Waals surface area contributed by atoms with Gasteiger partial charge in [-0.05, 0) is 42.4 Å². The summed E-state index contributed by atoms with van der Waals surface area (Å²) in [7, 11) is 2.30. The van der Waals surface area contributed by atoms with Crippen LogP contribution in [0.15, 0.2) is 18.2 Å². The van der Waals surface area contributed by atoms with Crippen molar-refractivity contribution < 1.29 is 14.5 Å². The van der Waals surface area contributed by atoms with Gasteiger partial charge >= 0.3 is 0 Å². The van der Waals surface area contributed by atoms with E-state index in [1.165, 1.54) is 50.3 Å². The molecule has 0 amide bonds. The first-order chi connectivity index (χ1) is 10.9. The average Bonchev–Trinajstić information content (AvgIpc) is 2.47. The first kappa shape index (κ1) is 18.3. The molecular weight excluding hydrogens is 284 g/mol. The summed E-state index contributed by atoms with van der Waals surface area (Å²) in [5.74, 6) is 1.08. The Bertz CT molecular complexity index is 485. The molecule has 130 valence electrons. The minimum atomic E-state index is 0.134. The molecule has 0 bridgehead atoms. The van der Waals surface area contributed by atoms with Crippen molar-refractivity contribution in [1.82, 2.24) is 0 Å². The summed E-state index contributed by atoms with van der Waals surface area (Å²) >= 11 is 0. The molecule has 1 fully saturated rings. The van der Waals surface area contributed by atoms with E-state index in [1.54, 1.807) is 9.80 Å². The number of hydrogen-bond donors (Lipinski definition) is 2. The van der Waals surface area contributed by atoms with Crippen molar-refractivity contribution in [2.45, 2.75) is 46.0 Å². The van der Waals surface area contributed by atoms with Crippen LogP contribution < -0.4 is 14.5 Å². The molecule has 0 radical (unpaired) electrons. The van der Waals surface area contributed by atoms with Crippen LogP contribution in [0.3, 0.4) is 0 Å². The molecule has 1 heterocycles. The zero-order valence-corrected chi connectivity index (χ0v) is 15.8. The van der Waals surface area contributed by atoms with E-state index in [0.717, 1.165) is 18.8 Å². The van der Waals surface area contributed by atoms with Gasteiger partial charge in [-0.15, -0.1) is 0 Å². The van der Waals surface area contributed by atoms with E-state index in [9.17, 15) is 0 Å². The van der Waals surface area contributed by atoms with E-state index in [1.807, 2.05) is 0 Å². The summed E-state index contributed by atoms with van der Waals surface area (Å²) in [5.41, 5.74) is 2.73. The van der Waals surface area contributed by atoms with Crippen LogP contribution in [0.2, 0.25) is 0 Å². The predicted octanol–water partition coefficient (Wildman–Crippen LogP) is 0.865. The highest BCUT2D eigenvalue weighted by Gasteiger charge is 2.20. The average molecular weight is 321 g/mol. The Balaban J connectivity index is 1.75. The molecule has 3 heteroatoms. The lowest BCUT2D eigenvalue weighted by atomic mass is 9.86. The highest BCUT2D eigenvalue weighted by atomic mass is 16.5. The highest BCUT2D eigenvalue weighted by molar-refractivity contribution is 5.41. The van der Waals surface area contributed by atoms with Gasteiger partial charge in [0.2, 0.25) is 0 Å². The van der Waals surface area contributed by atoms with Crippen molar-refractivity contribution in [1.29, 1.82) is 0 Å². The van der Waals surface area contributed by atoms with Gasteiger partial charge < -0.3 is 14.5 Å². The number of unbranched alkanes of at least 4 members (excludes halogenated alkanes) is 1. The number of piperazine rings is 1. The number of nitrogens with one attached hydrogen (secondary N) is 2. The SMILES string of the molecule is Cc1ccc(C(C)(C)C)c(OCCCC[NH+]2CC[NH+](C)CC2)c1. The van der Waals surface area contributed by atoms with Crippen LogP contribution in [-0.2, 0) is 5.41 Å². The van der Waals surface area contributed by atoms with Crippen LogP contribution in [0.25, 0.3) is 0 Å². The number of quaternary nitrogens is 2. The van der Waals surface area contributed by atoms with Gasteiger partial charge in [0.25, 0.3) is 0 Å². The van der Waals surface area contributed by atoms with E-state index in [0.29, 0.717) is 0 Å². The van der Waals surface area contributed by atoms with Crippen molar-refractivity contribution in [2.75, 3.05) is 46.4 Å². The van der Waals surface area contributed by atoms with E-state index in [4.69, 9.17) is 4.74 Å². The van der Waals surface area contributed by atoms with Gasteiger partial charge in [0.15, 0.2) is 0 Å². The van der Waals surface area contributed by atoms with Crippen molar-refractivity contribution in [3.8, 4) is 5.75 Å². The van der Waals surface area contributed by atoms with Crippen molar-refractivity contribution in [3.63, 3.8) is 0 Å². The van der Waals surface area contributed by atoms with Gasteiger partial charge in [-0.3, -0.25) is 0 Å². The largest absolute Gasteiger partial charge is 0.493 e. The minimum Gasteiger partial charge on any atom is -0.493 e. The van der Waals surface area contributed by atoms with Gasteiger partial charge in [-0.2, -0.15) is 0 Å². The molecule has 2 rings (SSSR count). The Morgan fingerprint density at radius 3 is 2.39 bits per heavy atom. The zero-order valence-electron chi connectivity index (χ0n) is 15.8. The van der Waals surface area contributed by atoms with Crippen molar-refractivity contribution in [2.24, 2.45) is 0 Å². The first-order valence-electron chi connectivity index (χ1n) is 9.25. The predicted molar refractivity (Wildman–Crippen MR) is 96.8 cm³/mol. The van der Waals surface area contributed by atoms with Crippen LogP contribution in [-0.4, -0.2) is 46.4 Å². The number of aryl methyl sites for hydroxylation is 1. The Morgan fingerprint density at radius 2 is 1.74 bits per heavy atom. The lowest BCUT2D eigenvalue weighted by molar-refractivity contribution is -1.00. The topological polar surface area (TPSA) is 18.1 Å². The van der Waals surface area contributed by atoms with E-state index >= 15 is 0 Å². The third kappa shape index (κ3) is 5.82. The molecule has 1 aliphatic rings. The summed E-state index contributed by atoms with van der Waals surface area (Å²) in [4.78, 5) is 3.47. The van der Waals surface area contributed by atoms with Crippen LogP contribution in [0.5, 0.6) is 5.75 Å². The monoisotopic (exact) mass is 320 g/mol. The molecular formula is C20H36N2O+2. The van der Waals surface area contributed by atoms with Crippen molar-refractivity contribution in [3.05, 3.63) is 29.3 Å². The van der Waals surface area contributed by atoms with Gasteiger partial charge in [0, 0.05) is 0 Å². The molecule has 3 nitrogen and oxygen atoms in total. The third-order valence-electron chi connectivity index (χ3n) is 4.94. The minimum absolute atomic E-state index is 0.134. The van der Waals surface area contributed by atoms with Gasteiger partial charge in [-0.1, -0.05) is 32.9 Å². The first-order valence-corrected chi connectivity index (χ1v) is 9.25. The van der Waals surface area contributed by atoms with Gasteiger partial charge in [0.05, 0.1) is 20.2 Å². The molecule has 0 aliphatic carbocycles. The second kappa shape index (κ2) is 8.16. The summed E-state index contributed by atoms with van der Waals surface area (Å²) in [5, 5.41) is 0. The molecule has 0 atom stereocenters. The summed E-state index contributed by atoms with van der Waals surface area (Å²) in [6.07, 6.45) is 2.43. The van der Waals surface area contributed by atoms with Crippen LogP contribution >= 0.6 is 0 Å². The van der Waals surface area contributed by atoms with Crippen LogP contribution in [0.1, 0.15) is 44.7 Å².